The van der Waals surface area contributed by atoms with E-state index in [-0.39, 0.29) is 18.3 Å². The number of aliphatic hydroxyl groups excluding tert-OH is 1. The van der Waals surface area contributed by atoms with Gasteiger partial charge in [0.05, 0.1) is 12.1 Å². The number of carbonyl (C=O) groups is 1. The molecular weight excluding hydrogens is 468 g/mol. The summed E-state index contributed by atoms with van der Waals surface area (Å²) >= 11 is 6.10. The van der Waals surface area contributed by atoms with Crippen LogP contribution in [0.1, 0.15) is 48.3 Å². The number of aryl methyl sites for hydroxylation is 1. The molecule has 1 fully saturated rings. The van der Waals surface area contributed by atoms with Gasteiger partial charge in [0.2, 0.25) is 5.95 Å². The maximum Gasteiger partial charge on any atom is 0.272 e. The largest absolute Gasteiger partial charge is 0.394 e. The van der Waals surface area contributed by atoms with Gasteiger partial charge in [0.1, 0.15) is 17.8 Å². The van der Waals surface area contributed by atoms with Crippen molar-refractivity contribution in [2.24, 2.45) is 5.92 Å². The Morgan fingerprint density at radius 1 is 1.34 bits per heavy atom. The van der Waals surface area contributed by atoms with Gasteiger partial charge >= 0.3 is 0 Å². The molecule has 186 valence electrons. The number of hydrogen-bond acceptors (Lipinski definition) is 7. The summed E-state index contributed by atoms with van der Waals surface area (Å²) in [4.78, 5) is 26.4. The molecule has 0 radical (unpaired) electrons. The Kier molecular flexibility index (Phi) is 7.69. The van der Waals surface area contributed by atoms with E-state index in [0.717, 1.165) is 31.6 Å². The van der Waals surface area contributed by atoms with E-state index in [1.165, 1.54) is 0 Å². The Morgan fingerprint density at radius 2 is 2.11 bits per heavy atom. The molecule has 0 aliphatic carbocycles. The summed E-state index contributed by atoms with van der Waals surface area (Å²) in [6, 6.07) is 7.25. The van der Waals surface area contributed by atoms with Crippen LogP contribution in [0.15, 0.2) is 43.0 Å². The minimum absolute atomic E-state index is 0.204. The number of rotatable bonds is 8. The van der Waals surface area contributed by atoms with E-state index in [1.807, 2.05) is 6.92 Å². The molecule has 1 amide bonds. The smallest absolute Gasteiger partial charge is 0.272 e. The van der Waals surface area contributed by atoms with Crippen LogP contribution in [0.2, 0.25) is 5.02 Å². The monoisotopic (exact) mass is 498 g/mol. The van der Waals surface area contributed by atoms with Gasteiger partial charge in [-0.2, -0.15) is 4.98 Å². The van der Waals surface area contributed by atoms with Crippen molar-refractivity contribution in [1.29, 1.82) is 0 Å². The van der Waals surface area contributed by atoms with Crippen molar-refractivity contribution in [1.82, 2.24) is 24.8 Å². The standard InChI is InChI=1S/C25H31ClN6O3/c1-16-12-27-24(29-17(2)18-7-9-35-10-8-18)30-22(16)32-13-21(28-15-32)23(34)31-25(3,14-33)19-5-4-6-20(26)11-19/h4-6,11-13,15,17-18,33H,7-10,14H2,1-3H3,(H,31,34)(H,27,29,30)/t17?,25-/m0/s1. The van der Waals surface area contributed by atoms with E-state index in [9.17, 15) is 9.90 Å². The molecule has 1 saturated heterocycles. The third-order valence-corrected chi connectivity index (χ3v) is 6.74. The number of benzene rings is 1. The number of imidazole rings is 1. The van der Waals surface area contributed by atoms with Crippen LogP contribution in [0.3, 0.4) is 0 Å². The van der Waals surface area contributed by atoms with Crippen LogP contribution >= 0.6 is 11.6 Å². The van der Waals surface area contributed by atoms with Gasteiger partial charge in [0.15, 0.2) is 0 Å². The number of aromatic nitrogens is 4. The van der Waals surface area contributed by atoms with Crippen molar-refractivity contribution in [2.75, 3.05) is 25.1 Å². The van der Waals surface area contributed by atoms with Crippen molar-refractivity contribution in [2.45, 2.75) is 45.2 Å². The van der Waals surface area contributed by atoms with Crippen molar-refractivity contribution in [3.05, 3.63) is 64.8 Å². The Bertz CT molecular complexity index is 1180. The van der Waals surface area contributed by atoms with E-state index in [0.29, 0.717) is 28.3 Å². The van der Waals surface area contributed by atoms with Crippen LogP contribution in [-0.4, -0.2) is 56.4 Å². The number of ether oxygens (including phenoxy) is 1. The molecule has 10 heteroatoms. The van der Waals surface area contributed by atoms with Crippen molar-refractivity contribution in [3.63, 3.8) is 0 Å². The lowest BCUT2D eigenvalue weighted by Crippen LogP contribution is -2.46. The van der Waals surface area contributed by atoms with Gasteiger partial charge in [0, 0.05) is 42.2 Å². The molecule has 9 nitrogen and oxygen atoms in total. The molecule has 1 aromatic carbocycles. The first kappa shape index (κ1) is 25.1. The lowest BCUT2D eigenvalue weighted by atomic mass is 9.92. The number of nitrogens with zero attached hydrogens (tertiary/aromatic N) is 4. The summed E-state index contributed by atoms with van der Waals surface area (Å²) in [5.41, 5.74) is 0.724. The van der Waals surface area contributed by atoms with Crippen LogP contribution in [0.5, 0.6) is 0 Å². The molecule has 0 spiro atoms. The van der Waals surface area contributed by atoms with E-state index in [1.54, 1.807) is 54.5 Å². The molecule has 0 bridgehead atoms. The van der Waals surface area contributed by atoms with Crippen molar-refractivity contribution >= 4 is 23.5 Å². The number of amides is 1. The maximum atomic E-state index is 13.0. The zero-order chi connectivity index (χ0) is 25.0. The Hall–Kier alpha value is -3.01. The zero-order valence-electron chi connectivity index (χ0n) is 20.2. The molecule has 3 N–H and O–H groups in total. The minimum atomic E-state index is -1.02. The molecule has 4 rings (SSSR count). The third kappa shape index (κ3) is 5.80. The number of carbonyl (C=O) groups excluding carboxylic acids is 1. The summed E-state index contributed by atoms with van der Waals surface area (Å²) in [6.07, 6.45) is 6.93. The zero-order valence-corrected chi connectivity index (χ0v) is 20.9. The molecule has 1 unspecified atom stereocenters. The van der Waals surface area contributed by atoms with Crippen LogP contribution in [-0.2, 0) is 10.3 Å². The number of anilines is 1. The summed E-state index contributed by atoms with van der Waals surface area (Å²) in [5, 5.41) is 16.8. The Morgan fingerprint density at radius 3 is 2.83 bits per heavy atom. The third-order valence-electron chi connectivity index (χ3n) is 6.50. The highest BCUT2D eigenvalue weighted by Gasteiger charge is 2.29. The molecule has 1 aliphatic rings. The number of aliphatic hydroxyl groups is 1. The van der Waals surface area contributed by atoms with Gasteiger partial charge in [-0.1, -0.05) is 23.7 Å². The lowest BCUT2D eigenvalue weighted by Gasteiger charge is -2.29. The first-order chi connectivity index (χ1) is 16.8. The van der Waals surface area contributed by atoms with Gasteiger partial charge in [-0.15, -0.1) is 0 Å². The quantitative estimate of drug-likeness (QED) is 0.435. The molecule has 3 heterocycles. The fourth-order valence-corrected chi connectivity index (χ4v) is 4.40. The second kappa shape index (κ2) is 10.7. The fourth-order valence-electron chi connectivity index (χ4n) is 4.21. The van der Waals surface area contributed by atoms with E-state index in [4.69, 9.17) is 16.3 Å². The Labute approximate surface area is 209 Å². The molecule has 35 heavy (non-hydrogen) atoms. The van der Waals surface area contributed by atoms with Gasteiger partial charge in [0.25, 0.3) is 5.91 Å². The van der Waals surface area contributed by atoms with Crippen molar-refractivity contribution in [3.8, 4) is 5.82 Å². The second-order valence-electron chi connectivity index (χ2n) is 9.20. The van der Waals surface area contributed by atoms with E-state index in [2.05, 4.69) is 32.5 Å². The highest BCUT2D eigenvalue weighted by atomic mass is 35.5. The normalized spacial score (nSPS) is 16.9. The first-order valence-corrected chi connectivity index (χ1v) is 12.1. The van der Waals surface area contributed by atoms with Gasteiger partial charge in [-0.3, -0.25) is 9.36 Å². The lowest BCUT2D eigenvalue weighted by molar-refractivity contribution is 0.0621. The maximum absolute atomic E-state index is 13.0. The summed E-state index contributed by atoms with van der Waals surface area (Å²) in [6.45, 7) is 7.04. The molecule has 2 atom stereocenters. The molecular formula is C25H31ClN6O3. The van der Waals surface area contributed by atoms with Crippen LogP contribution in [0.25, 0.3) is 5.82 Å². The van der Waals surface area contributed by atoms with E-state index >= 15 is 0 Å². The summed E-state index contributed by atoms with van der Waals surface area (Å²) in [7, 11) is 0. The summed E-state index contributed by atoms with van der Waals surface area (Å²) < 4.78 is 7.16. The predicted molar refractivity (Wildman–Crippen MR) is 134 cm³/mol. The Balaban J connectivity index is 1.50. The SMILES string of the molecule is Cc1cnc(NC(C)C2CCOCC2)nc1-n1cnc(C(=O)N[C@@](C)(CO)c2cccc(Cl)c2)c1. The summed E-state index contributed by atoms with van der Waals surface area (Å²) in [5.74, 6) is 1.24. The van der Waals surface area contributed by atoms with Crippen LogP contribution in [0, 0.1) is 12.8 Å². The second-order valence-corrected chi connectivity index (χ2v) is 9.64. The molecule has 2 aromatic heterocycles. The highest BCUT2D eigenvalue weighted by molar-refractivity contribution is 6.30. The molecule has 3 aromatic rings. The number of halogens is 1. The van der Waals surface area contributed by atoms with Gasteiger partial charge < -0.3 is 20.5 Å². The first-order valence-electron chi connectivity index (χ1n) is 11.7. The highest BCUT2D eigenvalue weighted by Crippen LogP contribution is 2.24. The average Bonchev–Trinajstić information content (AvgIpc) is 3.36. The van der Waals surface area contributed by atoms with Crippen molar-refractivity contribution < 1.29 is 14.6 Å². The minimum Gasteiger partial charge on any atom is -0.394 e. The predicted octanol–water partition coefficient (Wildman–Crippen LogP) is 3.49. The van der Waals surface area contributed by atoms with E-state index < -0.39 is 11.4 Å². The van der Waals surface area contributed by atoms with Crippen LogP contribution in [0.4, 0.5) is 5.95 Å². The van der Waals surface area contributed by atoms with Crippen LogP contribution < -0.4 is 10.6 Å². The van der Waals surface area contributed by atoms with Gasteiger partial charge in [-0.05, 0) is 57.2 Å². The van der Waals surface area contributed by atoms with Gasteiger partial charge in [-0.25, -0.2) is 9.97 Å². The number of nitrogens with one attached hydrogen (secondary N) is 2. The number of hydrogen-bond donors (Lipinski definition) is 3. The average molecular weight is 499 g/mol. The fraction of sp³-hybridized carbons (Fsp3) is 0.440. The molecule has 1 aliphatic heterocycles. The topological polar surface area (TPSA) is 114 Å². The molecule has 0 saturated carbocycles.